The fraction of sp³-hybridized carbons (Fsp3) is 0.846. The van der Waals surface area contributed by atoms with Crippen molar-refractivity contribution < 1.29 is 14.3 Å². The molecular weight excluding hydrogens is 218 g/mol. The van der Waals surface area contributed by atoms with Gasteiger partial charge in [-0.25, -0.2) is 0 Å². The van der Waals surface area contributed by atoms with E-state index in [-0.39, 0.29) is 17.5 Å². The van der Waals surface area contributed by atoms with Gasteiger partial charge in [0.05, 0.1) is 0 Å². The Labute approximate surface area is 103 Å². The second-order valence-electron chi connectivity index (χ2n) is 4.98. The molecule has 0 atom stereocenters. The highest BCUT2D eigenvalue weighted by Crippen LogP contribution is 2.35. The summed E-state index contributed by atoms with van der Waals surface area (Å²) < 4.78 is 5.37. The van der Waals surface area contributed by atoms with Crippen LogP contribution in [0.3, 0.4) is 0 Å². The number of carbonyl (C=O) groups excluding carboxylic acids is 2. The molecule has 0 unspecified atom stereocenters. The first-order valence-corrected chi connectivity index (χ1v) is 6.54. The minimum Gasteiger partial charge on any atom is -0.459 e. The van der Waals surface area contributed by atoms with Crippen molar-refractivity contribution >= 4 is 11.9 Å². The molecule has 0 aliphatic heterocycles. The molecule has 0 aromatic heterocycles. The first-order chi connectivity index (χ1) is 8.06. The van der Waals surface area contributed by atoms with E-state index >= 15 is 0 Å². The molecule has 1 N–H and O–H groups in total. The Kier molecular flexibility index (Phi) is 5.45. The molecule has 0 bridgehead atoms. The largest absolute Gasteiger partial charge is 0.459 e. The summed E-state index contributed by atoms with van der Waals surface area (Å²) in [6.45, 7) is 4.70. The second kappa shape index (κ2) is 6.62. The number of nitrogens with one attached hydrogen (secondary N) is 1. The second-order valence-corrected chi connectivity index (χ2v) is 4.98. The van der Waals surface area contributed by atoms with E-state index in [2.05, 4.69) is 5.32 Å². The smallest absolute Gasteiger partial charge is 0.306 e. The van der Waals surface area contributed by atoms with Crippen LogP contribution in [0.5, 0.6) is 0 Å². The highest BCUT2D eigenvalue weighted by atomic mass is 16.6. The molecular formula is C13H23NO3. The SMILES string of the molecule is CCCNC(=O)CCCC(=O)OC1(C)CCC1. The van der Waals surface area contributed by atoms with Gasteiger partial charge in [0.2, 0.25) is 5.91 Å². The average Bonchev–Trinajstić information content (AvgIpc) is 2.24. The Bertz CT molecular complexity index is 272. The highest BCUT2D eigenvalue weighted by Gasteiger charge is 2.35. The van der Waals surface area contributed by atoms with E-state index in [9.17, 15) is 9.59 Å². The van der Waals surface area contributed by atoms with Crippen LogP contribution in [0.2, 0.25) is 0 Å². The summed E-state index contributed by atoms with van der Waals surface area (Å²) in [6, 6.07) is 0. The van der Waals surface area contributed by atoms with Crippen LogP contribution in [0.1, 0.15) is 58.8 Å². The maximum absolute atomic E-state index is 11.5. The molecule has 17 heavy (non-hydrogen) atoms. The molecule has 1 fully saturated rings. The number of ether oxygens (including phenoxy) is 1. The number of amides is 1. The van der Waals surface area contributed by atoms with Gasteiger partial charge in [-0.15, -0.1) is 0 Å². The van der Waals surface area contributed by atoms with Gasteiger partial charge >= 0.3 is 5.97 Å². The van der Waals surface area contributed by atoms with Crippen molar-refractivity contribution in [2.24, 2.45) is 0 Å². The van der Waals surface area contributed by atoms with Crippen LogP contribution in [0, 0.1) is 0 Å². The van der Waals surface area contributed by atoms with Gasteiger partial charge < -0.3 is 10.1 Å². The zero-order valence-corrected chi connectivity index (χ0v) is 10.9. The molecule has 1 aliphatic carbocycles. The normalized spacial score (nSPS) is 17.1. The van der Waals surface area contributed by atoms with Crippen LogP contribution in [-0.4, -0.2) is 24.0 Å². The lowest BCUT2D eigenvalue weighted by Crippen LogP contribution is -2.38. The topological polar surface area (TPSA) is 55.4 Å². The van der Waals surface area contributed by atoms with E-state index in [0.29, 0.717) is 25.8 Å². The Hall–Kier alpha value is -1.06. The van der Waals surface area contributed by atoms with E-state index in [1.807, 2.05) is 13.8 Å². The third-order valence-corrected chi connectivity index (χ3v) is 3.13. The van der Waals surface area contributed by atoms with Gasteiger partial charge in [0.15, 0.2) is 0 Å². The van der Waals surface area contributed by atoms with Crippen molar-refractivity contribution in [2.75, 3.05) is 6.54 Å². The van der Waals surface area contributed by atoms with Crippen LogP contribution in [0.15, 0.2) is 0 Å². The highest BCUT2D eigenvalue weighted by molar-refractivity contribution is 5.77. The monoisotopic (exact) mass is 241 g/mol. The summed E-state index contributed by atoms with van der Waals surface area (Å²) >= 11 is 0. The van der Waals surface area contributed by atoms with Crippen molar-refractivity contribution in [2.45, 2.75) is 64.4 Å². The third-order valence-electron chi connectivity index (χ3n) is 3.13. The van der Waals surface area contributed by atoms with Gasteiger partial charge in [-0.05, 0) is 39.0 Å². The number of hydrogen-bond donors (Lipinski definition) is 1. The first kappa shape index (κ1) is 14.0. The van der Waals surface area contributed by atoms with Gasteiger partial charge in [-0.1, -0.05) is 6.92 Å². The van der Waals surface area contributed by atoms with Gasteiger partial charge in [-0.2, -0.15) is 0 Å². The minimum atomic E-state index is -0.221. The molecule has 4 nitrogen and oxygen atoms in total. The Morgan fingerprint density at radius 3 is 2.53 bits per heavy atom. The van der Waals surface area contributed by atoms with Crippen molar-refractivity contribution in [3.63, 3.8) is 0 Å². The molecule has 98 valence electrons. The summed E-state index contributed by atoms with van der Waals surface area (Å²) in [5, 5.41) is 2.79. The van der Waals surface area contributed by atoms with Crippen LogP contribution < -0.4 is 5.32 Å². The van der Waals surface area contributed by atoms with Gasteiger partial charge in [0, 0.05) is 19.4 Å². The third kappa shape index (κ3) is 5.20. The Morgan fingerprint density at radius 2 is 2.00 bits per heavy atom. The van der Waals surface area contributed by atoms with Gasteiger partial charge in [0.25, 0.3) is 0 Å². The van der Waals surface area contributed by atoms with E-state index in [0.717, 1.165) is 25.7 Å². The van der Waals surface area contributed by atoms with E-state index in [1.54, 1.807) is 0 Å². The lowest BCUT2D eigenvalue weighted by Gasteiger charge is -2.37. The summed E-state index contributed by atoms with van der Waals surface area (Å²) in [5.41, 5.74) is -0.221. The van der Waals surface area contributed by atoms with Crippen molar-refractivity contribution in [3.8, 4) is 0 Å². The number of carbonyl (C=O) groups is 2. The maximum Gasteiger partial charge on any atom is 0.306 e. The van der Waals surface area contributed by atoms with Crippen molar-refractivity contribution in [3.05, 3.63) is 0 Å². The molecule has 0 radical (unpaired) electrons. The number of hydrogen-bond acceptors (Lipinski definition) is 3. The van der Waals surface area contributed by atoms with Gasteiger partial charge in [0.1, 0.15) is 5.60 Å². The molecule has 1 amide bonds. The summed E-state index contributed by atoms with van der Waals surface area (Å²) in [4.78, 5) is 22.8. The van der Waals surface area contributed by atoms with E-state index in [4.69, 9.17) is 4.74 Å². The van der Waals surface area contributed by atoms with Crippen molar-refractivity contribution in [1.82, 2.24) is 5.32 Å². The standard InChI is InChI=1S/C13H23NO3/c1-3-10-14-11(15)6-4-7-12(16)17-13(2)8-5-9-13/h3-10H2,1-2H3,(H,14,15). The molecule has 1 saturated carbocycles. The number of esters is 1. The predicted octanol–water partition coefficient (Wildman–Crippen LogP) is 2.17. The van der Waals surface area contributed by atoms with Crippen LogP contribution >= 0.6 is 0 Å². The van der Waals surface area contributed by atoms with E-state index < -0.39 is 0 Å². The maximum atomic E-state index is 11.5. The Morgan fingerprint density at radius 1 is 1.29 bits per heavy atom. The molecule has 0 spiro atoms. The van der Waals surface area contributed by atoms with Crippen LogP contribution in [0.25, 0.3) is 0 Å². The first-order valence-electron chi connectivity index (χ1n) is 6.54. The lowest BCUT2D eigenvalue weighted by molar-refractivity contribution is -0.166. The zero-order chi connectivity index (χ0) is 12.7. The van der Waals surface area contributed by atoms with Crippen LogP contribution in [-0.2, 0) is 14.3 Å². The van der Waals surface area contributed by atoms with Gasteiger partial charge in [-0.3, -0.25) is 9.59 Å². The average molecular weight is 241 g/mol. The quantitative estimate of drug-likeness (QED) is 0.695. The fourth-order valence-corrected chi connectivity index (χ4v) is 1.85. The fourth-order valence-electron chi connectivity index (χ4n) is 1.85. The summed E-state index contributed by atoms with van der Waals surface area (Å²) in [5.74, 6) is -0.148. The molecule has 0 saturated heterocycles. The molecule has 4 heteroatoms. The predicted molar refractivity (Wildman–Crippen MR) is 65.5 cm³/mol. The molecule has 1 aliphatic rings. The molecule has 0 heterocycles. The van der Waals surface area contributed by atoms with E-state index in [1.165, 1.54) is 0 Å². The molecule has 0 aromatic carbocycles. The molecule has 0 aromatic rings. The number of rotatable bonds is 7. The zero-order valence-electron chi connectivity index (χ0n) is 10.9. The lowest BCUT2D eigenvalue weighted by atomic mass is 9.82. The summed E-state index contributed by atoms with van der Waals surface area (Å²) in [7, 11) is 0. The van der Waals surface area contributed by atoms with Crippen molar-refractivity contribution in [1.29, 1.82) is 0 Å². The summed E-state index contributed by atoms with van der Waals surface area (Å²) in [6.07, 6.45) is 5.34. The minimum absolute atomic E-state index is 0.0227. The van der Waals surface area contributed by atoms with Crippen LogP contribution in [0.4, 0.5) is 0 Å². The Balaban J connectivity index is 2.05. The molecule has 1 rings (SSSR count).